The van der Waals surface area contributed by atoms with Crippen molar-refractivity contribution < 1.29 is 8.42 Å². The average Bonchev–Trinajstić information content (AvgIpc) is 3.32. The molecule has 2 saturated heterocycles. The summed E-state index contributed by atoms with van der Waals surface area (Å²) in [5.41, 5.74) is 2.23. The Morgan fingerprint density at radius 1 is 1.07 bits per heavy atom. The van der Waals surface area contributed by atoms with Gasteiger partial charge in [-0.15, -0.1) is 11.3 Å². The van der Waals surface area contributed by atoms with Crippen LogP contribution in [0.25, 0.3) is 21.3 Å². The fraction of sp³-hybridized carbons (Fsp3) is 0.400. The van der Waals surface area contributed by atoms with Crippen LogP contribution < -0.4 is 4.90 Å². The van der Waals surface area contributed by atoms with E-state index in [9.17, 15) is 8.42 Å². The van der Waals surface area contributed by atoms with Crippen LogP contribution in [0.5, 0.6) is 0 Å². The predicted octanol–water partition coefficient (Wildman–Crippen LogP) is 3.32. The molecule has 1 atom stereocenters. The number of hydrogen-bond donors (Lipinski definition) is 0. The number of aromatic nitrogens is 2. The Bertz CT molecular complexity index is 1140. The Balaban J connectivity index is 1.41. The van der Waals surface area contributed by atoms with Gasteiger partial charge in [0.2, 0.25) is 0 Å². The first-order chi connectivity index (χ1) is 14.0. The number of fused-ring (bicyclic) bond motifs is 1. The average molecular weight is 449 g/mol. The molecule has 2 fully saturated rings. The molecular weight excluding hydrogens is 428 g/mol. The summed E-state index contributed by atoms with van der Waals surface area (Å²) in [6.45, 7) is 3.37. The molecule has 6 nitrogen and oxygen atoms in total. The number of thiophene rings is 1. The first-order valence-electron chi connectivity index (χ1n) is 9.68. The third-order valence-corrected chi connectivity index (χ3v) is 8.73. The van der Waals surface area contributed by atoms with Crippen LogP contribution in [-0.2, 0) is 9.84 Å². The summed E-state index contributed by atoms with van der Waals surface area (Å²) in [7, 11) is -2.86. The van der Waals surface area contributed by atoms with E-state index in [1.807, 2.05) is 24.3 Å². The summed E-state index contributed by atoms with van der Waals surface area (Å²) in [6.07, 6.45) is 2.39. The molecule has 0 amide bonds. The van der Waals surface area contributed by atoms with Gasteiger partial charge in [-0.25, -0.2) is 18.4 Å². The minimum Gasteiger partial charge on any atom is -0.353 e. The number of benzene rings is 1. The molecule has 9 heteroatoms. The lowest BCUT2D eigenvalue weighted by molar-refractivity contribution is 0.200. The molecule has 4 heterocycles. The Kier molecular flexibility index (Phi) is 4.98. The molecule has 0 N–H and O–H groups in total. The van der Waals surface area contributed by atoms with E-state index in [0.717, 1.165) is 64.8 Å². The van der Waals surface area contributed by atoms with Crippen molar-refractivity contribution in [1.82, 2.24) is 14.9 Å². The van der Waals surface area contributed by atoms with Crippen LogP contribution in [-0.4, -0.2) is 67.0 Å². The molecule has 0 unspecified atom stereocenters. The summed E-state index contributed by atoms with van der Waals surface area (Å²) in [5.74, 6) is 1.58. The highest BCUT2D eigenvalue weighted by atomic mass is 35.5. The highest BCUT2D eigenvalue weighted by Gasteiger charge is 2.34. The second-order valence-corrected chi connectivity index (χ2v) is 11.1. The van der Waals surface area contributed by atoms with Crippen LogP contribution >= 0.6 is 22.9 Å². The van der Waals surface area contributed by atoms with E-state index in [2.05, 4.69) is 25.1 Å². The van der Waals surface area contributed by atoms with Gasteiger partial charge in [0, 0.05) is 48.2 Å². The van der Waals surface area contributed by atoms with Crippen molar-refractivity contribution in [2.75, 3.05) is 42.6 Å². The van der Waals surface area contributed by atoms with E-state index in [1.165, 1.54) is 0 Å². The fourth-order valence-electron chi connectivity index (χ4n) is 4.30. The van der Waals surface area contributed by atoms with Crippen molar-refractivity contribution in [3.8, 4) is 11.1 Å². The minimum absolute atomic E-state index is 0.165. The quantitative estimate of drug-likeness (QED) is 0.612. The van der Waals surface area contributed by atoms with Gasteiger partial charge in [0.25, 0.3) is 0 Å². The van der Waals surface area contributed by atoms with Crippen LogP contribution in [0.2, 0.25) is 5.02 Å². The Hall–Kier alpha value is -1.74. The van der Waals surface area contributed by atoms with Crippen molar-refractivity contribution in [3.05, 3.63) is 41.0 Å². The SMILES string of the molecule is O=S1(=O)CC[C@@H](N2CCN(c3ncnc4scc(-c5ccc(Cl)cc5)c34)CC2)C1. The van der Waals surface area contributed by atoms with Crippen molar-refractivity contribution >= 4 is 48.8 Å². The minimum atomic E-state index is -2.86. The van der Waals surface area contributed by atoms with E-state index in [1.54, 1.807) is 17.7 Å². The van der Waals surface area contributed by atoms with E-state index in [4.69, 9.17) is 11.6 Å². The number of rotatable bonds is 3. The highest BCUT2D eigenvalue weighted by molar-refractivity contribution is 7.91. The zero-order chi connectivity index (χ0) is 20.0. The van der Waals surface area contributed by atoms with Gasteiger partial charge in [-0.2, -0.15) is 0 Å². The maximum atomic E-state index is 11.8. The van der Waals surface area contributed by atoms with Gasteiger partial charge in [0.05, 0.1) is 16.9 Å². The zero-order valence-electron chi connectivity index (χ0n) is 15.8. The number of halogens is 1. The van der Waals surface area contributed by atoms with Gasteiger partial charge in [-0.1, -0.05) is 23.7 Å². The highest BCUT2D eigenvalue weighted by Crippen LogP contribution is 2.38. The third-order valence-electron chi connectivity index (χ3n) is 5.84. The van der Waals surface area contributed by atoms with Crippen molar-refractivity contribution in [2.45, 2.75) is 12.5 Å². The fourth-order valence-corrected chi connectivity index (χ4v) is 7.10. The van der Waals surface area contributed by atoms with Crippen LogP contribution in [0.3, 0.4) is 0 Å². The number of hydrogen-bond acceptors (Lipinski definition) is 7. The molecule has 2 aromatic heterocycles. The van der Waals surface area contributed by atoms with Crippen LogP contribution in [0.4, 0.5) is 5.82 Å². The summed E-state index contributed by atoms with van der Waals surface area (Å²) in [4.78, 5) is 14.7. The Morgan fingerprint density at radius 3 is 2.52 bits per heavy atom. The lowest BCUT2D eigenvalue weighted by Gasteiger charge is -2.38. The normalized spacial score (nSPS) is 22.4. The van der Waals surface area contributed by atoms with E-state index < -0.39 is 9.84 Å². The van der Waals surface area contributed by atoms with Crippen molar-refractivity contribution in [1.29, 1.82) is 0 Å². The summed E-state index contributed by atoms with van der Waals surface area (Å²) < 4.78 is 23.6. The predicted molar refractivity (Wildman–Crippen MR) is 119 cm³/mol. The maximum absolute atomic E-state index is 11.8. The first-order valence-corrected chi connectivity index (χ1v) is 12.8. The number of nitrogens with zero attached hydrogens (tertiary/aromatic N) is 4. The second-order valence-electron chi connectivity index (χ2n) is 7.61. The molecule has 152 valence electrons. The topological polar surface area (TPSA) is 66.4 Å². The zero-order valence-corrected chi connectivity index (χ0v) is 18.2. The standard InChI is InChI=1S/C20H21ClN4O2S2/c21-15-3-1-14(2-4-15)17-11-28-20-18(17)19(22-13-23-20)25-8-6-24(7-9-25)16-5-10-29(26,27)12-16/h1-4,11,13,16H,5-10,12H2/t16-/m1/s1. The molecule has 0 radical (unpaired) electrons. The lowest BCUT2D eigenvalue weighted by atomic mass is 10.1. The van der Waals surface area contributed by atoms with Gasteiger partial charge in [-0.3, -0.25) is 4.90 Å². The molecule has 0 bridgehead atoms. The maximum Gasteiger partial charge on any atom is 0.151 e. The number of anilines is 1. The third kappa shape index (κ3) is 3.74. The Labute approximate surface area is 179 Å². The van der Waals surface area contributed by atoms with E-state index >= 15 is 0 Å². The second kappa shape index (κ2) is 7.50. The smallest absolute Gasteiger partial charge is 0.151 e. The summed E-state index contributed by atoms with van der Waals surface area (Å²) in [6, 6.07) is 8.02. The van der Waals surface area contributed by atoms with Crippen LogP contribution in [0, 0.1) is 0 Å². The molecule has 5 rings (SSSR count). The molecular formula is C20H21ClN4O2S2. The van der Waals surface area contributed by atoms with Gasteiger partial charge in [-0.05, 0) is 24.1 Å². The van der Waals surface area contributed by atoms with Crippen LogP contribution in [0.15, 0.2) is 36.0 Å². The molecule has 2 aliphatic heterocycles. The largest absolute Gasteiger partial charge is 0.353 e. The van der Waals surface area contributed by atoms with Gasteiger partial charge in [0.1, 0.15) is 17.0 Å². The number of piperazine rings is 1. The van der Waals surface area contributed by atoms with Gasteiger partial charge < -0.3 is 4.90 Å². The lowest BCUT2D eigenvalue weighted by Crippen LogP contribution is -2.51. The molecule has 3 aromatic rings. The molecule has 1 aromatic carbocycles. The summed E-state index contributed by atoms with van der Waals surface area (Å²) in [5, 5.41) is 3.93. The van der Waals surface area contributed by atoms with E-state index in [-0.39, 0.29) is 6.04 Å². The number of sulfone groups is 1. The molecule has 29 heavy (non-hydrogen) atoms. The molecule has 0 aliphatic carbocycles. The van der Waals surface area contributed by atoms with Gasteiger partial charge >= 0.3 is 0 Å². The summed E-state index contributed by atoms with van der Waals surface area (Å²) >= 11 is 7.68. The molecule has 0 spiro atoms. The molecule has 0 saturated carbocycles. The van der Waals surface area contributed by atoms with E-state index in [0.29, 0.717) is 11.5 Å². The van der Waals surface area contributed by atoms with Crippen molar-refractivity contribution in [3.63, 3.8) is 0 Å². The van der Waals surface area contributed by atoms with Crippen LogP contribution in [0.1, 0.15) is 6.42 Å². The van der Waals surface area contributed by atoms with Crippen molar-refractivity contribution in [2.24, 2.45) is 0 Å². The monoisotopic (exact) mass is 448 g/mol. The Morgan fingerprint density at radius 2 is 1.83 bits per heavy atom. The molecule has 2 aliphatic rings. The first kappa shape index (κ1) is 19.2. The van der Waals surface area contributed by atoms with Gasteiger partial charge in [0.15, 0.2) is 9.84 Å².